The van der Waals surface area contributed by atoms with Gasteiger partial charge in [0.15, 0.2) is 0 Å². The van der Waals surface area contributed by atoms with Gasteiger partial charge in [-0.25, -0.2) is 0 Å². The number of phosphoric ester groups is 1. The summed E-state index contributed by atoms with van der Waals surface area (Å²) in [5.41, 5.74) is 0. The van der Waals surface area contributed by atoms with Gasteiger partial charge in [-0.1, -0.05) is 0 Å². The van der Waals surface area contributed by atoms with Gasteiger partial charge in [0.25, 0.3) is 7.82 Å². The second kappa shape index (κ2) is 3.13. The van der Waals surface area contributed by atoms with E-state index in [1.54, 1.807) is 0 Å². The predicted octanol–water partition coefficient (Wildman–Crippen LogP) is -0.699. The molecule has 10 heavy (non-hydrogen) atoms. The van der Waals surface area contributed by atoms with Crippen LogP contribution in [0.5, 0.6) is 0 Å². The highest BCUT2D eigenvalue weighted by Gasteiger charge is 2.11. The third kappa shape index (κ3) is 5.11. The number of phosphoric acid groups is 1. The molecule has 0 bridgehead atoms. The van der Waals surface area contributed by atoms with Gasteiger partial charge < -0.3 is 18.9 Å². The smallest absolute Gasteiger partial charge is 0.272 e. The molecule has 0 aromatic rings. The van der Waals surface area contributed by atoms with E-state index >= 15 is 0 Å². The van der Waals surface area contributed by atoms with Crippen molar-refractivity contribution in [1.29, 1.82) is 0 Å². The van der Waals surface area contributed by atoms with E-state index in [1.807, 2.05) is 0 Å². The van der Waals surface area contributed by atoms with Crippen molar-refractivity contribution in [1.82, 2.24) is 0 Å². The van der Waals surface area contributed by atoms with E-state index in [4.69, 9.17) is 0 Å². The lowest BCUT2D eigenvalue weighted by atomic mass is 11.8. The zero-order chi connectivity index (χ0) is 8.41. The van der Waals surface area contributed by atoms with Gasteiger partial charge >= 0.3 is 0 Å². The van der Waals surface area contributed by atoms with Crippen LogP contribution in [0.15, 0.2) is 0 Å². The van der Waals surface area contributed by atoms with Gasteiger partial charge in [0.05, 0.1) is 0 Å². The summed E-state index contributed by atoms with van der Waals surface area (Å²) in [6.45, 7) is 0.635. The number of hydrogen-bond donors (Lipinski definition) is 0. The lowest BCUT2D eigenvalue weighted by Gasteiger charge is -2.27. The Kier molecular flexibility index (Phi) is 3.23. The first-order valence-electron chi connectivity index (χ1n) is 2.13. The first kappa shape index (κ1) is 10.3. The molecule has 0 spiro atoms. The Morgan fingerprint density at radius 3 is 1.80 bits per heavy atom. The van der Waals surface area contributed by atoms with Gasteiger partial charge in [-0.05, 0) is 0 Å². The van der Waals surface area contributed by atoms with Crippen molar-refractivity contribution >= 4 is 15.4 Å². The van der Waals surface area contributed by atoms with Crippen LogP contribution in [-0.2, 0) is 18.0 Å². The predicted molar refractivity (Wildman–Crippen MR) is 29.2 cm³/mol. The van der Waals surface area contributed by atoms with Gasteiger partial charge in [-0.15, -0.1) is 0 Å². The summed E-state index contributed by atoms with van der Waals surface area (Å²) in [5, 5.41) is 0. The normalized spacial score (nSPS) is 23.2. The molecule has 0 aromatic carbocycles. The maximum Gasteiger partial charge on any atom is 0.272 e. The standard InChI is InChI=1S/C2H8O6P2/c1-7-10(5,6)8-9(2,3)4/h1-2H3,(H,3,4)(H,5,6)/p-2. The topological polar surface area (TPSA) is 98.7 Å². The van der Waals surface area contributed by atoms with Gasteiger partial charge in [0, 0.05) is 13.8 Å². The fourth-order valence-electron chi connectivity index (χ4n) is 0.215. The van der Waals surface area contributed by atoms with Crippen LogP contribution < -0.4 is 9.79 Å². The highest BCUT2D eigenvalue weighted by Crippen LogP contribution is 2.51. The molecule has 6 nitrogen and oxygen atoms in total. The molecule has 62 valence electrons. The van der Waals surface area contributed by atoms with E-state index in [0.29, 0.717) is 6.66 Å². The van der Waals surface area contributed by atoms with Crippen LogP contribution in [0.2, 0.25) is 0 Å². The molecule has 0 aliphatic rings. The second-order valence-corrected chi connectivity index (χ2v) is 4.94. The van der Waals surface area contributed by atoms with Crippen molar-refractivity contribution in [2.75, 3.05) is 13.8 Å². The van der Waals surface area contributed by atoms with Gasteiger partial charge in [-0.2, -0.15) is 0 Å². The molecule has 8 heteroatoms. The van der Waals surface area contributed by atoms with Crippen LogP contribution in [0.25, 0.3) is 0 Å². The van der Waals surface area contributed by atoms with E-state index in [0.717, 1.165) is 7.11 Å². The van der Waals surface area contributed by atoms with Gasteiger partial charge in [0.2, 0.25) is 0 Å². The van der Waals surface area contributed by atoms with Crippen molar-refractivity contribution < 1.29 is 27.8 Å². The molecule has 0 aliphatic heterocycles. The molecule has 0 saturated carbocycles. The largest absolute Gasteiger partial charge is 0.778 e. The maximum absolute atomic E-state index is 10.2. The first-order chi connectivity index (χ1) is 4.27. The monoisotopic (exact) mass is 188 g/mol. The highest BCUT2D eigenvalue weighted by atomic mass is 31.3. The summed E-state index contributed by atoms with van der Waals surface area (Å²) in [5.74, 6) is 0. The zero-order valence-electron chi connectivity index (χ0n) is 5.34. The lowest BCUT2D eigenvalue weighted by molar-refractivity contribution is -0.229. The molecule has 0 heterocycles. The minimum Gasteiger partial charge on any atom is -0.778 e. The fraction of sp³-hybridized carbons (Fsp3) is 1.00. The van der Waals surface area contributed by atoms with E-state index in [9.17, 15) is 18.9 Å². The summed E-state index contributed by atoms with van der Waals surface area (Å²) < 4.78 is 27.7. The molecule has 2 atom stereocenters. The van der Waals surface area contributed by atoms with Crippen molar-refractivity contribution in [3.63, 3.8) is 0 Å². The minimum absolute atomic E-state index is 0.635. The Morgan fingerprint density at radius 1 is 1.30 bits per heavy atom. The SMILES string of the molecule is COP(=O)([O-])OP(C)(=O)[O-]. The number of rotatable bonds is 3. The van der Waals surface area contributed by atoms with Gasteiger partial charge in [0.1, 0.15) is 7.60 Å². The molecule has 0 aromatic heterocycles. The Bertz CT molecular complexity index is 192. The van der Waals surface area contributed by atoms with E-state index < -0.39 is 15.4 Å². The van der Waals surface area contributed by atoms with Crippen molar-refractivity contribution in [3.05, 3.63) is 0 Å². The quantitative estimate of drug-likeness (QED) is 0.543. The van der Waals surface area contributed by atoms with Crippen molar-refractivity contribution in [2.24, 2.45) is 0 Å². The average molecular weight is 188 g/mol. The summed E-state index contributed by atoms with van der Waals surface area (Å²) in [6.07, 6.45) is 0. The Labute approximate surface area is 57.9 Å². The Hall–Kier alpha value is 0.300. The summed E-state index contributed by atoms with van der Waals surface area (Å²) in [6, 6.07) is 0. The van der Waals surface area contributed by atoms with E-state index in [2.05, 4.69) is 8.83 Å². The molecule has 2 unspecified atom stereocenters. The van der Waals surface area contributed by atoms with Crippen molar-refractivity contribution in [3.8, 4) is 0 Å². The van der Waals surface area contributed by atoms with Crippen LogP contribution >= 0.6 is 15.4 Å². The van der Waals surface area contributed by atoms with Crippen LogP contribution in [0.4, 0.5) is 0 Å². The molecule has 0 radical (unpaired) electrons. The molecular formula is C2H6O6P2-2. The molecule has 0 rings (SSSR count). The molecule has 0 N–H and O–H groups in total. The Morgan fingerprint density at radius 2 is 1.70 bits per heavy atom. The van der Waals surface area contributed by atoms with Crippen LogP contribution in [-0.4, -0.2) is 13.8 Å². The molecule has 0 amide bonds. The van der Waals surface area contributed by atoms with Crippen LogP contribution in [0.3, 0.4) is 0 Å². The lowest BCUT2D eigenvalue weighted by Crippen LogP contribution is -2.09. The van der Waals surface area contributed by atoms with Crippen LogP contribution in [0.1, 0.15) is 0 Å². The van der Waals surface area contributed by atoms with E-state index in [-0.39, 0.29) is 0 Å². The second-order valence-electron chi connectivity index (χ2n) is 1.48. The summed E-state index contributed by atoms with van der Waals surface area (Å²) in [4.78, 5) is 20.4. The first-order valence-corrected chi connectivity index (χ1v) is 5.58. The summed E-state index contributed by atoms with van der Waals surface area (Å²) >= 11 is 0. The number of hydrogen-bond acceptors (Lipinski definition) is 6. The zero-order valence-corrected chi connectivity index (χ0v) is 7.13. The maximum atomic E-state index is 10.2. The fourth-order valence-corrected chi connectivity index (χ4v) is 1.93. The molecule has 0 fully saturated rings. The summed E-state index contributed by atoms with van der Waals surface area (Å²) in [7, 11) is -8.07. The van der Waals surface area contributed by atoms with E-state index in [1.165, 1.54) is 0 Å². The molecule has 0 saturated heterocycles. The third-order valence-corrected chi connectivity index (χ3v) is 2.91. The Balaban J connectivity index is 4.17. The molecular weight excluding hydrogens is 182 g/mol. The minimum atomic E-state index is -4.62. The third-order valence-electron chi connectivity index (χ3n) is 0.472. The highest BCUT2D eigenvalue weighted by molar-refractivity contribution is 7.62. The van der Waals surface area contributed by atoms with Crippen molar-refractivity contribution in [2.45, 2.75) is 0 Å². The van der Waals surface area contributed by atoms with Crippen LogP contribution in [0, 0.1) is 0 Å². The van der Waals surface area contributed by atoms with Gasteiger partial charge in [-0.3, -0.25) is 8.88 Å². The molecule has 0 aliphatic carbocycles. The average Bonchev–Trinajstić information content (AvgIpc) is 1.60.